The van der Waals surface area contributed by atoms with Gasteiger partial charge in [-0.1, -0.05) is 37.1 Å². The van der Waals surface area contributed by atoms with Gasteiger partial charge in [0.1, 0.15) is 6.04 Å². The monoisotopic (exact) mass is 295 g/mol. The molecular weight excluding hydrogens is 278 g/mol. The molecule has 1 unspecified atom stereocenters. The minimum atomic E-state index is -0.984. The molecule has 1 amide bonds. The molecule has 1 aliphatic carbocycles. The molecule has 1 saturated carbocycles. The molecule has 0 saturated heterocycles. The lowest BCUT2D eigenvalue weighted by molar-refractivity contribution is -0.142. The number of carbonyl (C=O) groups is 2. The highest BCUT2D eigenvalue weighted by atomic mass is 35.5. The van der Waals surface area contributed by atoms with Gasteiger partial charge in [-0.15, -0.1) is 0 Å². The zero-order chi connectivity index (χ0) is 14.8. The van der Waals surface area contributed by atoms with Gasteiger partial charge >= 0.3 is 5.97 Å². The van der Waals surface area contributed by atoms with Crippen LogP contribution in [-0.4, -0.2) is 23.0 Å². The fraction of sp³-hybridized carbons (Fsp3) is 0.467. The number of benzene rings is 1. The van der Waals surface area contributed by atoms with Crippen LogP contribution in [0.4, 0.5) is 0 Å². The molecule has 5 heteroatoms. The second kappa shape index (κ2) is 5.83. The number of hydrogen-bond donors (Lipinski definition) is 2. The van der Waals surface area contributed by atoms with Gasteiger partial charge in [-0.2, -0.15) is 0 Å². The van der Waals surface area contributed by atoms with Gasteiger partial charge in [0, 0.05) is 5.02 Å². The highest BCUT2D eigenvalue weighted by molar-refractivity contribution is 6.30. The van der Waals surface area contributed by atoms with Crippen molar-refractivity contribution in [2.45, 2.75) is 44.1 Å². The maximum atomic E-state index is 12.4. The average molecular weight is 296 g/mol. The number of carbonyl (C=O) groups excluding carboxylic acids is 1. The molecule has 2 rings (SSSR count). The Balaban J connectivity index is 2.14. The van der Waals surface area contributed by atoms with E-state index in [1.54, 1.807) is 12.1 Å². The summed E-state index contributed by atoms with van der Waals surface area (Å²) in [7, 11) is 0. The Kier molecular flexibility index (Phi) is 4.33. The second-order valence-electron chi connectivity index (χ2n) is 5.25. The Bertz CT molecular complexity index is 526. The van der Waals surface area contributed by atoms with E-state index in [1.807, 2.05) is 19.1 Å². The summed E-state index contributed by atoms with van der Waals surface area (Å²) in [6.07, 6.45) is 2.61. The van der Waals surface area contributed by atoms with Crippen molar-refractivity contribution in [1.29, 1.82) is 0 Å². The highest BCUT2D eigenvalue weighted by Crippen LogP contribution is 2.48. The number of carboxylic acids is 1. The number of hydrogen-bond acceptors (Lipinski definition) is 2. The molecule has 4 nitrogen and oxygen atoms in total. The summed E-state index contributed by atoms with van der Waals surface area (Å²) in [5.74, 6) is -1.19. The summed E-state index contributed by atoms with van der Waals surface area (Å²) < 4.78 is 0. The van der Waals surface area contributed by atoms with Crippen molar-refractivity contribution in [3.05, 3.63) is 34.9 Å². The number of rotatable bonds is 6. The summed E-state index contributed by atoms with van der Waals surface area (Å²) >= 11 is 5.96. The number of halogens is 1. The first kappa shape index (κ1) is 14.9. The smallest absolute Gasteiger partial charge is 0.326 e. The molecule has 1 aromatic carbocycles. The van der Waals surface area contributed by atoms with E-state index >= 15 is 0 Å². The Labute approximate surface area is 123 Å². The molecule has 108 valence electrons. The minimum Gasteiger partial charge on any atom is -0.480 e. The molecule has 0 heterocycles. The lowest BCUT2D eigenvalue weighted by atomic mass is 9.94. The largest absolute Gasteiger partial charge is 0.480 e. The fourth-order valence-corrected chi connectivity index (χ4v) is 2.59. The molecule has 1 aromatic rings. The van der Waals surface area contributed by atoms with Gasteiger partial charge < -0.3 is 10.4 Å². The predicted octanol–water partition coefficient (Wildman–Crippen LogP) is 2.74. The molecule has 0 radical (unpaired) electrons. The lowest BCUT2D eigenvalue weighted by Crippen LogP contribution is -2.45. The Morgan fingerprint density at radius 3 is 2.65 bits per heavy atom. The third-order valence-corrected chi connectivity index (χ3v) is 3.98. The van der Waals surface area contributed by atoms with Gasteiger partial charge in [0.25, 0.3) is 0 Å². The molecule has 0 spiro atoms. The van der Waals surface area contributed by atoms with Crippen LogP contribution in [0.2, 0.25) is 5.02 Å². The topological polar surface area (TPSA) is 66.4 Å². The van der Waals surface area contributed by atoms with Crippen LogP contribution in [0, 0.1) is 0 Å². The highest BCUT2D eigenvalue weighted by Gasteiger charge is 2.51. The van der Waals surface area contributed by atoms with Crippen molar-refractivity contribution in [3.8, 4) is 0 Å². The Morgan fingerprint density at radius 2 is 2.15 bits per heavy atom. The number of nitrogens with one attached hydrogen (secondary N) is 1. The van der Waals surface area contributed by atoms with Crippen molar-refractivity contribution in [2.24, 2.45) is 0 Å². The standard InChI is InChI=1S/C15H18ClNO3/c1-2-4-12(13(18)19)17-14(20)15(7-8-15)10-5-3-6-11(16)9-10/h3,5-6,9,12H,2,4,7-8H2,1H3,(H,17,20)(H,18,19). The molecule has 0 aliphatic heterocycles. The van der Waals surface area contributed by atoms with E-state index in [0.717, 1.165) is 18.4 Å². The van der Waals surface area contributed by atoms with Gasteiger partial charge in [-0.3, -0.25) is 4.79 Å². The maximum Gasteiger partial charge on any atom is 0.326 e. The summed E-state index contributed by atoms with van der Waals surface area (Å²) in [4.78, 5) is 23.5. The van der Waals surface area contributed by atoms with Gasteiger partial charge in [-0.25, -0.2) is 4.79 Å². The fourth-order valence-electron chi connectivity index (χ4n) is 2.40. The first-order valence-corrected chi connectivity index (χ1v) is 7.17. The molecule has 20 heavy (non-hydrogen) atoms. The van der Waals surface area contributed by atoms with Crippen LogP contribution < -0.4 is 5.32 Å². The van der Waals surface area contributed by atoms with Crippen molar-refractivity contribution >= 4 is 23.5 Å². The Morgan fingerprint density at radius 1 is 1.45 bits per heavy atom. The third-order valence-electron chi connectivity index (χ3n) is 3.74. The van der Waals surface area contributed by atoms with Crippen molar-refractivity contribution in [2.75, 3.05) is 0 Å². The Hall–Kier alpha value is -1.55. The molecule has 1 atom stereocenters. The third kappa shape index (κ3) is 2.96. The maximum absolute atomic E-state index is 12.4. The van der Waals surface area contributed by atoms with Crippen LogP contribution in [0.1, 0.15) is 38.2 Å². The molecule has 1 aliphatic rings. The molecule has 1 fully saturated rings. The van der Waals surface area contributed by atoms with E-state index < -0.39 is 17.4 Å². The average Bonchev–Trinajstić information content (AvgIpc) is 3.19. The van der Waals surface area contributed by atoms with Crippen molar-refractivity contribution in [1.82, 2.24) is 5.32 Å². The van der Waals surface area contributed by atoms with E-state index in [2.05, 4.69) is 5.32 Å². The zero-order valence-electron chi connectivity index (χ0n) is 11.4. The van der Waals surface area contributed by atoms with Gasteiger partial charge in [0.2, 0.25) is 5.91 Å². The van der Waals surface area contributed by atoms with Crippen LogP contribution >= 0.6 is 11.6 Å². The number of amides is 1. The first-order chi connectivity index (χ1) is 9.49. The van der Waals surface area contributed by atoms with Crippen LogP contribution in [0.25, 0.3) is 0 Å². The molecular formula is C15H18ClNO3. The summed E-state index contributed by atoms with van der Waals surface area (Å²) in [5, 5.41) is 12.4. The summed E-state index contributed by atoms with van der Waals surface area (Å²) in [6.45, 7) is 1.89. The van der Waals surface area contributed by atoms with E-state index in [1.165, 1.54) is 0 Å². The van der Waals surface area contributed by atoms with Gasteiger partial charge in [-0.05, 0) is 37.0 Å². The van der Waals surface area contributed by atoms with E-state index in [-0.39, 0.29) is 5.91 Å². The zero-order valence-corrected chi connectivity index (χ0v) is 12.1. The molecule has 0 bridgehead atoms. The first-order valence-electron chi connectivity index (χ1n) is 6.79. The second-order valence-corrected chi connectivity index (χ2v) is 5.68. The van der Waals surface area contributed by atoms with Crippen LogP contribution in [-0.2, 0) is 15.0 Å². The number of carboxylic acid groups (broad SMARTS) is 1. The van der Waals surface area contributed by atoms with E-state index in [0.29, 0.717) is 17.9 Å². The van der Waals surface area contributed by atoms with Crippen LogP contribution in [0.5, 0.6) is 0 Å². The van der Waals surface area contributed by atoms with Crippen molar-refractivity contribution in [3.63, 3.8) is 0 Å². The van der Waals surface area contributed by atoms with Gasteiger partial charge in [0.05, 0.1) is 5.41 Å². The normalized spacial score (nSPS) is 17.3. The number of aliphatic carboxylic acids is 1. The minimum absolute atomic E-state index is 0.208. The summed E-state index contributed by atoms with van der Waals surface area (Å²) in [6, 6.07) is 6.41. The van der Waals surface area contributed by atoms with Crippen molar-refractivity contribution < 1.29 is 14.7 Å². The van der Waals surface area contributed by atoms with Gasteiger partial charge in [0.15, 0.2) is 0 Å². The SMILES string of the molecule is CCCC(NC(=O)C1(c2cccc(Cl)c2)CC1)C(=O)O. The lowest BCUT2D eigenvalue weighted by Gasteiger charge is -2.20. The van der Waals surface area contributed by atoms with E-state index in [9.17, 15) is 9.59 Å². The van der Waals surface area contributed by atoms with E-state index in [4.69, 9.17) is 16.7 Å². The molecule has 0 aromatic heterocycles. The predicted molar refractivity (Wildman–Crippen MR) is 76.8 cm³/mol. The van der Waals surface area contributed by atoms with Crippen LogP contribution in [0.15, 0.2) is 24.3 Å². The quantitative estimate of drug-likeness (QED) is 0.848. The summed E-state index contributed by atoms with van der Waals surface area (Å²) in [5.41, 5.74) is 0.273. The van der Waals surface area contributed by atoms with Crippen LogP contribution in [0.3, 0.4) is 0 Å². The molecule has 2 N–H and O–H groups in total.